The molecule has 2 aliphatic rings. The van der Waals surface area contributed by atoms with Crippen LogP contribution in [0.2, 0.25) is 0 Å². The van der Waals surface area contributed by atoms with Gasteiger partial charge in [0.15, 0.2) is 5.82 Å². The number of aryl methyl sites for hydroxylation is 1. The van der Waals surface area contributed by atoms with Gasteiger partial charge in [0.25, 0.3) is 16.4 Å². The Bertz CT molecular complexity index is 1660. The van der Waals surface area contributed by atoms with Crippen molar-refractivity contribution in [1.29, 1.82) is 0 Å². The highest BCUT2D eigenvalue weighted by molar-refractivity contribution is 7.90. The van der Waals surface area contributed by atoms with Gasteiger partial charge in [-0.25, -0.2) is 32.2 Å². The van der Waals surface area contributed by atoms with Crippen LogP contribution in [0.4, 0.5) is 26.1 Å². The van der Waals surface area contributed by atoms with Crippen LogP contribution in [0.5, 0.6) is 0 Å². The molecule has 0 spiro atoms. The van der Waals surface area contributed by atoms with E-state index in [1.807, 2.05) is 25.4 Å². The third-order valence-corrected chi connectivity index (χ3v) is 9.85. The van der Waals surface area contributed by atoms with E-state index >= 15 is 0 Å². The van der Waals surface area contributed by atoms with Gasteiger partial charge >= 0.3 is 0 Å². The van der Waals surface area contributed by atoms with Crippen molar-refractivity contribution < 1.29 is 17.2 Å². The van der Waals surface area contributed by atoms with Crippen LogP contribution in [0.3, 0.4) is 0 Å². The van der Waals surface area contributed by atoms with E-state index in [9.17, 15) is 17.2 Å². The van der Waals surface area contributed by atoms with Gasteiger partial charge in [-0.1, -0.05) is 0 Å². The van der Waals surface area contributed by atoms with Crippen molar-refractivity contribution in [2.75, 3.05) is 23.7 Å². The fourth-order valence-electron chi connectivity index (χ4n) is 5.29. The number of halogens is 2. The number of anilines is 3. The predicted octanol–water partition coefficient (Wildman–Crippen LogP) is 4.04. The van der Waals surface area contributed by atoms with Crippen molar-refractivity contribution in [3.63, 3.8) is 0 Å². The molecule has 0 radical (unpaired) electrons. The predicted molar refractivity (Wildman–Crippen MR) is 159 cm³/mol. The normalized spacial score (nSPS) is 19.1. The van der Waals surface area contributed by atoms with Crippen LogP contribution in [0.15, 0.2) is 49.2 Å². The molecule has 0 saturated heterocycles. The first-order valence-electron chi connectivity index (χ1n) is 14.4. The summed E-state index contributed by atoms with van der Waals surface area (Å²) in [5.41, 5.74) is 2.99. The van der Waals surface area contributed by atoms with Gasteiger partial charge in [-0.15, -0.1) is 0 Å². The van der Waals surface area contributed by atoms with Crippen LogP contribution >= 0.6 is 0 Å². The third-order valence-electron chi connectivity index (χ3n) is 7.82. The number of nitrogens with zero attached hydrogens (tertiary/aromatic N) is 7. The minimum absolute atomic E-state index is 0.140. The highest BCUT2D eigenvalue weighted by Gasteiger charge is 2.37. The first-order valence-corrected chi connectivity index (χ1v) is 15.9. The van der Waals surface area contributed by atoms with Crippen LogP contribution in [-0.2, 0) is 17.1 Å². The number of nitrogens with one attached hydrogen (secondary N) is 3. The molecule has 3 N–H and O–H groups in total. The molecule has 12 nitrogen and oxygen atoms in total. The lowest BCUT2D eigenvalue weighted by atomic mass is 9.86. The van der Waals surface area contributed by atoms with Crippen molar-refractivity contribution in [3.8, 4) is 22.6 Å². The first kappa shape index (κ1) is 29.1. The van der Waals surface area contributed by atoms with E-state index in [-0.39, 0.29) is 17.8 Å². The fourth-order valence-corrected chi connectivity index (χ4v) is 6.77. The van der Waals surface area contributed by atoms with E-state index in [2.05, 4.69) is 41.1 Å². The van der Waals surface area contributed by atoms with Crippen molar-refractivity contribution in [2.24, 2.45) is 13.0 Å². The molecule has 6 rings (SSSR count). The average molecular weight is 613 g/mol. The molecule has 2 saturated carbocycles. The Morgan fingerprint density at radius 2 is 1.86 bits per heavy atom. The molecule has 0 atom stereocenters. The molecule has 0 amide bonds. The van der Waals surface area contributed by atoms with Gasteiger partial charge < -0.3 is 16.0 Å². The second-order valence-corrected chi connectivity index (χ2v) is 13.2. The molecule has 4 heterocycles. The zero-order valence-electron chi connectivity index (χ0n) is 23.7. The van der Waals surface area contributed by atoms with Gasteiger partial charge in [-0.2, -0.15) is 14.3 Å². The Morgan fingerprint density at radius 1 is 1.05 bits per heavy atom. The van der Waals surface area contributed by atoms with Crippen LogP contribution < -0.4 is 16.0 Å². The molecule has 0 aromatic carbocycles. The van der Waals surface area contributed by atoms with Gasteiger partial charge in [0.1, 0.15) is 11.6 Å². The number of rotatable bonds is 12. The van der Waals surface area contributed by atoms with Crippen LogP contribution in [0.25, 0.3) is 22.6 Å². The summed E-state index contributed by atoms with van der Waals surface area (Å²) >= 11 is 0. The molecule has 15 heteroatoms. The molecule has 0 aliphatic heterocycles. The minimum atomic E-state index is -3.48. The van der Waals surface area contributed by atoms with E-state index in [0.717, 1.165) is 53.3 Å². The zero-order valence-corrected chi connectivity index (χ0v) is 24.5. The van der Waals surface area contributed by atoms with Crippen molar-refractivity contribution >= 4 is 27.3 Å². The van der Waals surface area contributed by atoms with Crippen LogP contribution in [0, 0.1) is 5.92 Å². The second-order valence-electron chi connectivity index (χ2n) is 11.1. The summed E-state index contributed by atoms with van der Waals surface area (Å²) in [6.45, 7) is 0.476. The van der Waals surface area contributed by atoms with Gasteiger partial charge in [0.2, 0.25) is 0 Å². The van der Waals surface area contributed by atoms with E-state index in [1.54, 1.807) is 23.1 Å². The maximum atomic E-state index is 12.6. The molecule has 2 aliphatic carbocycles. The highest BCUT2D eigenvalue weighted by atomic mass is 32.2. The molecule has 0 bridgehead atoms. The number of hydrogen-bond acceptors (Lipinski definition) is 10. The summed E-state index contributed by atoms with van der Waals surface area (Å²) in [6, 6.07) is 5.68. The topological polar surface area (TPSA) is 145 Å². The Labute approximate surface area is 248 Å². The molecular formula is C28H34F2N10O2S. The molecule has 228 valence electrons. The summed E-state index contributed by atoms with van der Waals surface area (Å²) in [4.78, 5) is 13.5. The number of alkyl halides is 2. The smallest absolute Gasteiger partial charge is 0.256 e. The van der Waals surface area contributed by atoms with Gasteiger partial charge in [-0.05, 0) is 56.6 Å². The van der Waals surface area contributed by atoms with E-state index in [4.69, 9.17) is 0 Å². The van der Waals surface area contributed by atoms with Crippen LogP contribution in [-0.4, -0.2) is 73.1 Å². The van der Waals surface area contributed by atoms with Crippen LogP contribution in [0.1, 0.15) is 38.5 Å². The summed E-state index contributed by atoms with van der Waals surface area (Å²) in [7, 11) is -1.62. The van der Waals surface area contributed by atoms with Crippen molar-refractivity contribution in [1.82, 2.24) is 39.2 Å². The standard InChI is InChI=1S/C28H34F2N10O2S/c1-39-11-9-23(38-39)22-15-34-27(12-24(22)33-13-18-2-4-20(5-3-18)32-16-25(29)30)36-26-8-10-31-28(37-26)19-14-35-40(17-19)43(41,42)21-6-7-21/h8-12,14-15,17-18,20-21,25,32H,2-7,13,16H2,1H3,(H2,31,33,34,36,37). The lowest BCUT2D eigenvalue weighted by Gasteiger charge is -2.29. The van der Waals surface area contributed by atoms with E-state index in [1.165, 1.54) is 12.4 Å². The molecule has 2 fully saturated rings. The molecule has 4 aromatic rings. The minimum Gasteiger partial charge on any atom is -0.384 e. The quantitative estimate of drug-likeness (QED) is 0.214. The number of pyridine rings is 1. The van der Waals surface area contributed by atoms with E-state index in [0.29, 0.717) is 41.8 Å². The van der Waals surface area contributed by atoms with Gasteiger partial charge in [0, 0.05) is 55.5 Å². The number of aromatic nitrogens is 7. The Morgan fingerprint density at radius 3 is 2.58 bits per heavy atom. The highest BCUT2D eigenvalue weighted by Crippen LogP contribution is 2.32. The largest absolute Gasteiger partial charge is 0.384 e. The average Bonchev–Trinajstić information content (AvgIpc) is 3.59. The van der Waals surface area contributed by atoms with Crippen molar-refractivity contribution in [3.05, 3.63) is 49.2 Å². The monoisotopic (exact) mass is 612 g/mol. The maximum Gasteiger partial charge on any atom is 0.256 e. The molecule has 0 unspecified atom stereocenters. The van der Waals surface area contributed by atoms with Gasteiger partial charge in [-0.3, -0.25) is 4.68 Å². The van der Waals surface area contributed by atoms with Crippen molar-refractivity contribution in [2.45, 2.75) is 56.2 Å². The zero-order chi connectivity index (χ0) is 30.0. The lowest BCUT2D eigenvalue weighted by molar-refractivity contribution is 0.136. The Kier molecular flexibility index (Phi) is 8.34. The van der Waals surface area contributed by atoms with E-state index < -0.39 is 16.4 Å². The maximum absolute atomic E-state index is 12.6. The number of hydrogen-bond donors (Lipinski definition) is 3. The SMILES string of the molecule is Cn1ccc(-c2cnc(Nc3ccnc(-c4cnn(S(=O)(=O)C5CC5)c4)n3)cc2NCC2CCC(NCC(F)F)CC2)n1. The third kappa shape index (κ3) is 6.99. The second kappa shape index (κ2) is 12.3. The summed E-state index contributed by atoms with van der Waals surface area (Å²) in [5, 5.41) is 18.0. The molecular weight excluding hydrogens is 578 g/mol. The molecule has 4 aromatic heterocycles. The summed E-state index contributed by atoms with van der Waals surface area (Å²) in [6.07, 6.45) is 10.7. The Balaban J connectivity index is 1.16. The van der Waals surface area contributed by atoms with Gasteiger partial charge in [0.05, 0.1) is 35.4 Å². The Hall–Kier alpha value is -3.98. The fraction of sp³-hybridized carbons (Fsp3) is 0.464. The summed E-state index contributed by atoms with van der Waals surface area (Å²) < 4.78 is 52.9. The summed E-state index contributed by atoms with van der Waals surface area (Å²) in [5.74, 6) is 1.80. The first-order chi connectivity index (χ1) is 20.7. The lowest BCUT2D eigenvalue weighted by Crippen LogP contribution is -2.37. The molecule has 43 heavy (non-hydrogen) atoms.